The van der Waals surface area contributed by atoms with E-state index in [4.69, 9.17) is 16.3 Å². The maximum Gasteiger partial charge on any atom is 0.135 e. The molecule has 0 aliphatic carbocycles. The Morgan fingerprint density at radius 2 is 1.95 bits per heavy atom. The number of nitrogens with zero attached hydrogens (tertiary/aromatic N) is 2. The molecule has 0 bridgehead atoms. The van der Waals surface area contributed by atoms with Gasteiger partial charge >= 0.3 is 0 Å². The van der Waals surface area contributed by atoms with Crippen LogP contribution in [0.4, 0.5) is 0 Å². The van der Waals surface area contributed by atoms with Gasteiger partial charge in [0, 0.05) is 23.2 Å². The van der Waals surface area contributed by atoms with Crippen LogP contribution < -0.4 is 4.74 Å². The monoisotopic (exact) mass is 276 g/mol. The first kappa shape index (κ1) is 13.8. The highest BCUT2D eigenvalue weighted by Gasteiger charge is 2.10. The van der Waals surface area contributed by atoms with Crippen molar-refractivity contribution in [1.82, 2.24) is 9.97 Å². The molecule has 0 N–H and O–H groups in total. The number of ether oxygens (including phenoxy) is 1. The highest BCUT2D eigenvalue weighted by atomic mass is 35.5. The smallest absolute Gasteiger partial charge is 0.135 e. The highest BCUT2D eigenvalue weighted by molar-refractivity contribution is 6.30. The molecule has 0 saturated carbocycles. The second-order valence-electron chi connectivity index (χ2n) is 4.34. The van der Waals surface area contributed by atoms with E-state index in [1.807, 2.05) is 31.2 Å². The summed E-state index contributed by atoms with van der Waals surface area (Å²) in [6.07, 6.45) is 1.48. The fraction of sp³-hybridized carbons (Fsp3) is 0.333. The third-order valence-corrected chi connectivity index (χ3v) is 3.48. The summed E-state index contributed by atoms with van der Waals surface area (Å²) in [5.41, 5.74) is 3.03. The van der Waals surface area contributed by atoms with Gasteiger partial charge in [0.2, 0.25) is 0 Å². The average molecular weight is 277 g/mol. The molecule has 2 aromatic rings. The molecule has 2 rings (SSSR count). The second kappa shape index (κ2) is 6.02. The molecule has 4 heteroatoms. The summed E-state index contributed by atoms with van der Waals surface area (Å²) in [7, 11) is 1.67. The summed E-state index contributed by atoms with van der Waals surface area (Å²) in [4.78, 5) is 8.92. The van der Waals surface area contributed by atoms with Crippen molar-refractivity contribution in [3.8, 4) is 5.75 Å². The van der Waals surface area contributed by atoms with Gasteiger partial charge in [-0.1, -0.05) is 36.7 Å². The number of halogens is 1. The first-order chi connectivity index (χ1) is 9.15. The van der Waals surface area contributed by atoms with Gasteiger partial charge in [-0.3, -0.25) is 0 Å². The Hall–Kier alpha value is -1.61. The Morgan fingerprint density at radius 3 is 2.63 bits per heavy atom. The van der Waals surface area contributed by atoms with Crippen molar-refractivity contribution >= 4 is 11.6 Å². The molecule has 1 heterocycles. The van der Waals surface area contributed by atoms with Gasteiger partial charge in [0.05, 0.1) is 7.11 Å². The highest BCUT2D eigenvalue weighted by Crippen LogP contribution is 2.22. The second-order valence-corrected chi connectivity index (χ2v) is 4.70. The maximum atomic E-state index is 6.16. The number of rotatable bonds is 4. The Kier molecular flexibility index (Phi) is 4.38. The molecule has 1 aromatic carbocycles. The number of para-hydroxylation sites is 1. The Balaban J connectivity index is 2.36. The van der Waals surface area contributed by atoms with E-state index < -0.39 is 0 Å². The van der Waals surface area contributed by atoms with Gasteiger partial charge < -0.3 is 4.74 Å². The molecular formula is C15H17ClN2O. The Morgan fingerprint density at radius 1 is 1.21 bits per heavy atom. The van der Waals surface area contributed by atoms with Crippen molar-refractivity contribution in [2.45, 2.75) is 26.7 Å². The Labute approximate surface area is 118 Å². The van der Waals surface area contributed by atoms with Gasteiger partial charge in [-0.25, -0.2) is 9.97 Å². The molecule has 0 aliphatic rings. The van der Waals surface area contributed by atoms with Crippen LogP contribution in [0.1, 0.15) is 29.6 Å². The molecule has 0 saturated heterocycles. The summed E-state index contributed by atoms with van der Waals surface area (Å²) in [6.45, 7) is 4.02. The lowest BCUT2D eigenvalue weighted by molar-refractivity contribution is 0.410. The van der Waals surface area contributed by atoms with Crippen LogP contribution in [0.25, 0.3) is 0 Å². The molecule has 100 valence electrons. The number of methoxy groups -OCH3 is 1. The van der Waals surface area contributed by atoms with Crippen molar-refractivity contribution in [2.75, 3.05) is 7.11 Å². The molecule has 0 spiro atoms. The number of hydrogen-bond donors (Lipinski definition) is 0. The molecule has 0 radical (unpaired) electrons. The number of hydrogen-bond acceptors (Lipinski definition) is 3. The van der Waals surface area contributed by atoms with Crippen LogP contribution in [0, 0.1) is 6.92 Å². The van der Waals surface area contributed by atoms with Gasteiger partial charge in [0.25, 0.3) is 0 Å². The first-order valence-electron chi connectivity index (χ1n) is 6.29. The normalized spacial score (nSPS) is 10.5. The van der Waals surface area contributed by atoms with E-state index in [-0.39, 0.29) is 0 Å². The van der Waals surface area contributed by atoms with Gasteiger partial charge in [-0.05, 0) is 19.4 Å². The van der Waals surface area contributed by atoms with Crippen molar-refractivity contribution in [3.05, 3.63) is 52.1 Å². The summed E-state index contributed by atoms with van der Waals surface area (Å²) in [5.74, 6) is 1.58. The van der Waals surface area contributed by atoms with Gasteiger partial charge in [-0.2, -0.15) is 0 Å². The zero-order valence-corrected chi connectivity index (χ0v) is 12.2. The zero-order valence-electron chi connectivity index (χ0n) is 11.4. The van der Waals surface area contributed by atoms with Crippen molar-refractivity contribution in [1.29, 1.82) is 0 Å². The lowest BCUT2D eigenvalue weighted by atomic mass is 10.1. The summed E-state index contributed by atoms with van der Waals surface area (Å²) >= 11 is 6.16. The minimum Gasteiger partial charge on any atom is -0.496 e. The molecule has 0 atom stereocenters. The minimum atomic E-state index is 0.539. The standard InChI is InChI=1S/C15H17ClN2O/c1-4-12-10(2)15(16)18-14(17-12)9-11-7-5-6-8-13(11)19-3/h5-8H,4,9H2,1-3H3. The summed E-state index contributed by atoms with van der Waals surface area (Å²) < 4.78 is 5.34. The van der Waals surface area contributed by atoms with E-state index in [2.05, 4.69) is 16.9 Å². The van der Waals surface area contributed by atoms with Gasteiger partial charge in [0.1, 0.15) is 16.7 Å². The van der Waals surface area contributed by atoms with Crippen molar-refractivity contribution in [3.63, 3.8) is 0 Å². The fourth-order valence-electron chi connectivity index (χ4n) is 2.02. The fourth-order valence-corrected chi connectivity index (χ4v) is 2.23. The van der Waals surface area contributed by atoms with Gasteiger partial charge in [-0.15, -0.1) is 0 Å². The summed E-state index contributed by atoms with van der Waals surface area (Å²) in [6, 6.07) is 7.88. The molecule has 0 unspecified atom stereocenters. The van der Waals surface area contributed by atoms with Crippen LogP contribution >= 0.6 is 11.6 Å². The lowest BCUT2D eigenvalue weighted by Crippen LogP contribution is -2.04. The predicted molar refractivity (Wildman–Crippen MR) is 77.0 cm³/mol. The minimum absolute atomic E-state index is 0.539. The van der Waals surface area contributed by atoms with Crippen LogP contribution in [0.2, 0.25) is 5.15 Å². The van der Waals surface area contributed by atoms with Crippen molar-refractivity contribution in [2.24, 2.45) is 0 Å². The van der Waals surface area contributed by atoms with E-state index in [0.29, 0.717) is 11.6 Å². The van der Waals surface area contributed by atoms with E-state index in [1.54, 1.807) is 7.11 Å². The lowest BCUT2D eigenvalue weighted by Gasteiger charge is -2.10. The molecule has 0 fully saturated rings. The molecule has 1 aromatic heterocycles. The van der Waals surface area contributed by atoms with Crippen LogP contribution in [0.15, 0.2) is 24.3 Å². The number of aryl methyl sites for hydroxylation is 1. The number of aromatic nitrogens is 2. The molecule has 0 amide bonds. The van der Waals surface area contributed by atoms with E-state index >= 15 is 0 Å². The topological polar surface area (TPSA) is 35.0 Å². The maximum absolute atomic E-state index is 6.16. The largest absolute Gasteiger partial charge is 0.496 e. The van der Waals surface area contributed by atoms with Crippen molar-refractivity contribution < 1.29 is 4.74 Å². The van der Waals surface area contributed by atoms with E-state index in [0.717, 1.165) is 34.8 Å². The quantitative estimate of drug-likeness (QED) is 0.801. The number of benzene rings is 1. The SMILES string of the molecule is CCc1nc(Cc2ccccc2OC)nc(Cl)c1C. The predicted octanol–water partition coefficient (Wildman–Crippen LogP) is 3.60. The first-order valence-corrected chi connectivity index (χ1v) is 6.67. The van der Waals surface area contributed by atoms with Crippen LogP contribution in [0.3, 0.4) is 0 Å². The van der Waals surface area contributed by atoms with Crippen LogP contribution in [-0.4, -0.2) is 17.1 Å². The third kappa shape index (κ3) is 3.04. The third-order valence-electron chi connectivity index (χ3n) is 3.11. The van der Waals surface area contributed by atoms with E-state index in [1.165, 1.54) is 0 Å². The molecule has 3 nitrogen and oxygen atoms in total. The Bertz CT molecular complexity index is 584. The average Bonchev–Trinajstić information content (AvgIpc) is 2.43. The van der Waals surface area contributed by atoms with Crippen LogP contribution in [-0.2, 0) is 12.8 Å². The van der Waals surface area contributed by atoms with E-state index in [9.17, 15) is 0 Å². The van der Waals surface area contributed by atoms with Gasteiger partial charge in [0.15, 0.2) is 0 Å². The molecule has 0 aliphatic heterocycles. The zero-order chi connectivity index (χ0) is 13.8. The summed E-state index contributed by atoms with van der Waals surface area (Å²) in [5, 5.41) is 0.539. The van der Waals surface area contributed by atoms with Crippen LogP contribution in [0.5, 0.6) is 5.75 Å². The molecular weight excluding hydrogens is 260 g/mol. The molecule has 19 heavy (non-hydrogen) atoms.